The van der Waals surface area contributed by atoms with E-state index in [2.05, 4.69) is 80.5 Å². The molecule has 14 nitrogen and oxygen atoms in total. The lowest BCUT2D eigenvalue weighted by Crippen LogP contribution is -2.51. The van der Waals surface area contributed by atoms with Gasteiger partial charge in [0.2, 0.25) is 11.8 Å². The van der Waals surface area contributed by atoms with Crippen LogP contribution in [0.25, 0.3) is 44.5 Å². The normalized spacial score (nSPS) is 20.3. The van der Waals surface area contributed by atoms with Gasteiger partial charge in [0, 0.05) is 6.54 Å². The van der Waals surface area contributed by atoms with E-state index in [4.69, 9.17) is 19.4 Å². The van der Waals surface area contributed by atoms with Crippen LogP contribution in [0.3, 0.4) is 0 Å². The Balaban J connectivity index is 0.945. The minimum absolute atomic E-state index is 0.105. The molecule has 6 atom stereocenters. The number of benzene rings is 3. The summed E-state index contributed by atoms with van der Waals surface area (Å²) in [7, 11) is 2.60. The molecule has 3 aliphatic carbocycles. The highest BCUT2D eigenvalue weighted by atomic mass is 16.5. The fraction of sp³-hybridized carbons (Fsp3) is 0.480. The van der Waals surface area contributed by atoms with Crippen LogP contribution >= 0.6 is 0 Å². The number of fused-ring (bicyclic) bond motifs is 4. The highest BCUT2D eigenvalue weighted by Crippen LogP contribution is 2.56. The van der Waals surface area contributed by atoms with Crippen molar-refractivity contribution in [2.45, 2.75) is 109 Å². The summed E-state index contributed by atoms with van der Waals surface area (Å²) in [5, 5.41) is 8.59. The predicted molar refractivity (Wildman–Crippen MR) is 244 cm³/mol. The summed E-state index contributed by atoms with van der Waals surface area (Å²) in [6.45, 7) is 8.23. The molecule has 336 valence electrons. The second-order valence-electron chi connectivity index (χ2n) is 19.0. The molecular weight excluding hydrogens is 809 g/mol. The molecule has 0 radical (unpaired) electrons. The lowest BCUT2D eigenvalue weighted by atomic mass is 9.73. The highest BCUT2D eigenvalue weighted by molar-refractivity contribution is 5.88. The summed E-state index contributed by atoms with van der Waals surface area (Å²) in [6.07, 6.45) is 8.79. The van der Waals surface area contributed by atoms with Crippen molar-refractivity contribution in [2.75, 3.05) is 20.8 Å². The van der Waals surface area contributed by atoms with Crippen molar-refractivity contribution < 1.29 is 28.7 Å². The van der Waals surface area contributed by atoms with E-state index in [9.17, 15) is 19.2 Å². The number of imidazole rings is 2. The summed E-state index contributed by atoms with van der Waals surface area (Å²) in [5.74, 6) is 2.59. The largest absolute Gasteiger partial charge is 0.453 e. The van der Waals surface area contributed by atoms with E-state index in [0.717, 1.165) is 72.2 Å². The molecule has 6 unspecified atom stereocenters. The van der Waals surface area contributed by atoms with Gasteiger partial charge in [-0.2, -0.15) is 0 Å². The Morgan fingerprint density at radius 2 is 1.47 bits per heavy atom. The number of alkyl carbamates (subject to hydrolysis) is 2. The minimum atomic E-state index is -0.730. The van der Waals surface area contributed by atoms with Crippen LogP contribution in [-0.4, -0.2) is 81.7 Å². The number of likely N-dealkylation sites (tertiary alicyclic amines) is 1. The lowest BCUT2D eigenvalue weighted by Gasteiger charge is -2.31. The first-order chi connectivity index (χ1) is 30.9. The molecule has 5 aromatic rings. The van der Waals surface area contributed by atoms with E-state index in [1.807, 2.05) is 38.8 Å². The van der Waals surface area contributed by atoms with E-state index >= 15 is 0 Å². The number of rotatable bonds is 14. The molecule has 64 heavy (non-hydrogen) atoms. The van der Waals surface area contributed by atoms with Gasteiger partial charge in [0.25, 0.3) is 0 Å². The van der Waals surface area contributed by atoms with Crippen molar-refractivity contribution >= 4 is 35.0 Å². The molecule has 9 rings (SSSR count). The summed E-state index contributed by atoms with van der Waals surface area (Å²) in [6, 6.07) is 17.8. The van der Waals surface area contributed by atoms with Crippen LogP contribution in [0.1, 0.15) is 113 Å². The van der Waals surface area contributed by atoms with Gasteiger partial charge in [0.05, 0.1) is 49.2 Å². The number of ether oxygens (including phenoxy) is 2. The van der Waals surface area contributed by atoms with E-state index < -0.39 is 24.3 Å². The molecule has 2 saturated carbocycles. The summed E-state index contributed by atoms with van der Waals surface area (Å²) in [5.41, 5.74) is 11.5. The van der Waals surface area contributed by atoms with Gasteiger partial charge < -0.3 is 40.3 Å². The minimum Gasteiger partial charge on any atom is -0.453 e. The number of aromatic amines is 2. The summed E-state index contributed by atoms with van der Waals surface area (Å²) < 4.78 is 9.59. The maximum Gasteiger partial charge on any atom is 0.407 e. The smallest absolute Gasteiger partial charge is 0.407 e. The van der Waals surface area contributed by atoms with Gasteiger partial charge in [0.15, 0.2) is 0 Å². The van der Waals surface area contributed by atoms with Crippen molar-refractivity contribution in [1.29, 1.82) is 0 Å². The molecule has 1 saturated heterocycles. The molecule has 3 aromatic carbocycles. The lowest BCUT2D eigenvalue weighted by molar-refractivity contribution is -0.135. The highest BCUT2D eigenvalue weighted by Gasteiger charge is 2.42. The third-order valence-electron chi connectivity index (χ3n) is 14.1. The Morgan fingerprint density at radius 1 is 0.781 bits per heavy atom. The molecule has 14 heteroatoms. The van der Waals surface area contributed by atoms with Crippen LogP contribution < -0.4 is 16.0 Å². The van der Waals surface area contributed by atoms with E-state index in [1.165, 1.54) is 54.9 Å². The van der Waals surface area contributed by atoms with Crippen molar-refractivity contribution in [2.24, 2.45) is 23.7 Å². The van der Waals surface area contributed by atoms with Crippen molar-refractivity contribution in [3.8, 4) is 33.5 Å². The maximum absolute atomic E-state index is 13.8. The Morgan fingerprint density at radius 3 is 2.14 bits per heavy atom. The second-order valence-corrected chi connectivity index (χ2v) is 19.0. The Kier molecular flexibility index (Phi) is 12.0. The zero-order valence-electron chi connectivity index (χ0n) is 37.6. The molecule has 4 aliphatic rings. The SMILES string of the molecule is COC(=O)NC(C(=O)NC(CC1CC1)c1ncc(-c2ccc(-c3ccc(-c4ccc5nc(C6CCCN6C(=O)C(NC(=O)OC)C(C)C)[nH]c5c4)c4c3C3CCC3C4)cc2)[nH]1)C(C)C. The van der Waals surface area contributed by atoms with Gasteiger partial charge in [-0.1, -0.05) is 83.0 Å². The molecule has 3 heterocycles. The second kappa shape index (κ2) is 17.8. The quantitative estimate of drug-likeness (QED) is 0.0734. The number of methoxy groups -OCH3 is 2. The number of H-pyrrole nitrogens is 2. The topological polar surface area (TPSA) is 183 Å². The van der Waals surface area contributed by atoms with Gasteiger partial charge in [0.1, 0.15) is 23.7 Å². The Bertz CT molecular complexity index is 2560. The third-order valence-corrected chi connectivity index (χ3v) is 14.1. The van der Waals surface area contributed by atoms with Crippen LogP contribution in [0.2, 0.25) is 0 Å². The number of hydrogen-bond acceptors (Lipinski definition) is 8. The predicted octanol–water partition coefficient (Wildman–Crippen LogP) is 8.72. The number of carbonyl (C=O) groups is 4. The Labute approximate surface area is 374 Å². The zero-order valence-corrected chi connectivity index (χ0v) is 37.6. The molecular formula is C50H60N8O6. The summed E-state index contributed by atoms with van der Waals surface area (Å²) in [4.78, 5) is 70.0. The number of aromatic nitrogens is 4. The van der Waals surface area contributed by atoms with Gasteiger partial charge >= 0.3 is 12.2 Å². The fourth-order valence-corrected chi connectivity index (χ4v) is 10.2. The van der Waals surface area contributed by atoms with Crippen LogP contribution in [-0.2, 0) is 25.5 Å². The molecule has 5 N–H and O–H groups in total. The maximum atomic E-state index is 13.8. The van der Waals surface area contributed by atoms with Crippen molar-refractivity contribution in [3.63, 3.8) is 0 Å². The average molecular weight is 869 g/mol. The summed E-state index contributed by atoms with van der Waals surface area (Å²) >= 11 is 0. The van der Waals surface area contributed by atoms with E-state index in [0.29, 0.717) is 30.1 Å². The first-order valence-electron chi connectivity index (χ1n) is 23.0. The number of amides is 4. The van der Waals surface area contributed by atoms with Crippen molar-refractivity contribution in [1.82, 2.24) is 40.8 Å². The van der Waals surface area contributed by atoms with Crippen LogP contribution in [0.4, 0.5) is 9.59 Å². The number of hydrogen-bond donors (Lipinski definition) is 5. The number of nitrogens with zero attached hydrogens (tertiary/aromatic N) is 3. The average Bonchev–Trinajstić information content (AvgIpc) is 3.63. The van der Waals surface area contributed by atoms with Crippen molar-refractivity contribution in [3.05, 3.63) is 83.6 Å². The molecule has 3 fully saturated rings. The molecule has 0 bridgehead atoms. The van der Waals surface area contributed by atoms with E-state index in [-0.39, 0.29) is 35.7 Å². The number of nitrogens with one attached hydrogen (secondary N) is 5. The zero-order chi connectivity index (χ0) is 44.8. The first kappa shape index (κ1) is 43.1. The third kappa shape index (κ3) is 8.46. The molecule has 0 spiro atoms. The van der Waals surface area contributed by atoms with Gasteiger partial charge in [-0.3, -0.25) is 9.59 Å². The van der Waals surface area contributed by atoms with Crippen LogP contribution in [0.5, 0.6) is 0 Å². The molecule has 1 aliphatic heterocycles. The van der Waals surface area contributed by atoms with Gasteiger partial charge in [-0.25, -0.2) is 19.6 Å². The molecule has 4 amide bonds. The number of carbonyl (C=O) groups excluding carboxylic acids is 4. The van der Waals surface area contributed by atoms with E-state index in [1.54, 1.807) is 0 Å². The Hall–Kier alpha value is -6.18. The monoisotopic (exact) mass is 868 g/mol. The van der Waals surface area contributed by atoms with Crippen LogP contribution in [0, 0.1) is 23.7 Å². The van der Waals surface area contributed by atoms with Gasteiger partial charge in [-0.05, 0) is 119 Å². The molecule has 2 aromatic heterocycles. The first-order valence-corrected chi connectivity index (χ1v) is 23.0. The fourth-order valence-electron chi connectivity index (χ4n) is 10.2. The van der Waals surface area contributed by atoms with Gasteiger partial charge in [-0.15, -0.1) is 0 Å². The standard InChI is InChI=1S/C50H60N8O6/c1-26(2)43(56-49(61)63-5)47(59)55-39(22-28-9-10-28)45-51-25-40(54-45)30-13-11-29(12-14-30)34-19-18-33(36-23-31-15-17-35(31)42(34)36)32-16-20-37-38(24-32)53-46(52-37)41-8-7-21-58(41)48(60)44(27(3)4)57-50(62)64-6/h11-14,16,18-20,24-28,31,35,39,41,43-44H,7-10,15,17,21-23H2,1-6H3,(H,51,54)(H,52,53)(H,55,59)(H,56,61)(H,57,62). The van der Waals surface area contributed by atoms with Crippen LogP contribution in [0.15, 0.2) is 60.8 Å².